The number of fused-ring (bicyclic) bond motifs is 3. The molecule has 1 aliphatic heterocycles. The van der Waals surface area contributed by atoms with E-state index >= 15 is 0 Å². The molecule has 1 aliphatic rings. The fourth-order valence-electron chi connectivity index (χ4n) is 3.32. The molecule has 2 heterocycles. The lowest BCUT2D eigenvalue weighted by Gasteiger charge is -2.18. The Balaban J connectivity index is 1.90. The largest absolute Gasteiger partial charge is 0.434 e. The van der Waals surface area contributed by atoms with Gasteiger partial charge in [0.1, 0.15) is 23.5 Å². The number of aromatic nitrogens is 2. The maximum absolute atomic E-state index is 13.8. The fourth-order valence-corrected chi connectivity index (χ4v) is 3.65. The lowest BCUT2D eigenvalue weighted by molar-refractivity contribution is -0.0507. The molecule has 0 saturated heterocycles. The summed E-state index contributed by atoms with van der Waals surface area (Å²) < 4.78 is 45.8. The van der Waals surface area contributed by atoms with Crippen molar-refractivity contribution in [2.45, 2.75) is 25.2 Å². The van der Waals surface area contributed by atoms with E-state index in [2.05, 4.69) is 25.7 Å². The minimum atomic E-state index is -2.95. The highest BCUT2D eigenvalue weighted by Gasteiger charge is 2.35. The number of ether oxygens (including phenoxy) is 1. The van der Waals surface area contributed by atoms with Gasteiger partial charge in [-0.05, 0) is 28.1 Å². The van der Waals surface area contributed by atoms with Gasteiger partial charge in [-0.2, -0.15) is 8.78 Å². The van der Waals surface area contributed by atoms with E-state index < -0.39 is 24.6 Å². The Labute approximate surface area is 149 Å². The Morgan fingerprint density at radius 2 is 2.04 bits per heavy atom. The summed E-state index contributed by atoms with van der Waals surface area (Å²) in [6.07, 6.45) is -0.601. The summed E-state index contributed by atoms with van der Waals surface area (Å²) in [6.45, 7) is -2.95. The summed E-state index contributed by atoms with van der Waals surface area (Å²) in [7, 11) is 0. The van der Waals surface area contributed by atoms with Gasteiger partial charge in [0, 0.05) is 18.1 Å². The van der Waals surface area contributed by atoms with Gasteiger partial charge in [0.15, 0.2) is 0 Å². The van der Waals surface area contributed by atoms with Crippen LogP contribution in [0.1, 0.15) is 30.0 Å². The van der Waals surface area contributed by atoms with Crippen LogP contribution in [0, 0.1) is 5.82 Å². The Bertz CT molecular complexity index is 960. The highest BCUT2D eigenvalue weighted by Crippen LogP contribution is 2.44. The number of rotatable bonds is 3. The van der Waals surface area contributed by atoms with Crippen LogP contribution in [0.2, 0.25) is 0 Å². The molecule has 25 heavy (non-hydrogen) atoms. The fraction of sp³-hybridized carbons (Fsp3) is 0.235. The molecule has 0 amide bonds. The number of aliphatic hydroxyl groups excluding tert-OH is 1. The van der Waals surface area contributed by atoms with E-state index in [1.165, 1.54) is 12.1 Å². The number of aliphatic hydroxyl groups is 1. The Kier molecular flexibility index (Phi) is 3.96. The Morgan fingerprint density at radius 1 is 1.28 bits per heavy atom. The van der Waals surface area contributed by atoms with E-state index in [1.807, 2.05) is 0 Å². The first-order valence-corrected chi connectivity index (χ1v) is 8.33. The summed E-state index contributed by atoms with van der Waals surface area (Å²) in [4.78, 5) is 4.31. The number of alkyl halides is 2. The molecule has 3 aromatic rings. The number of halogens is 4. The predicted octanol–water partition coefficient (Wildman–Crippen LogP) is 4.57. The first-order chi connectivity index (χ1) is 12.0. The van der Waals surface area contributed by atoms with Crippen LogP contribution in [0.15, 0.2) is 40.9 Å². The standard InChI is InChI=1S/C17H12BrF3N2O2/c18-9-5-13-11(6-10(9)19)22-16-14(24)7-12(23(13)16)8-3-1-2-4-15(8)25-17(20)21/h1-6,12,14,17,24H,7H2/t12?,14-/m0/s1. The molecule has 0 aliphatic carbocycles. The third-order valence-corrected chi connectivity index (χ3v) is 4.92. The monoisotopic (exact) mass is 412 g/mol. The van der Waals surface area contributed by atoms with E-state index in [-0.39, 0.29) is 16.6 Å². The van der Waals surface area contributed by atoms with Gasteiger partial charge >= 0.3 is 6.61 Å². The molecule has 130 valence electrons. The van der Waals surface area contributed by atoms with Crippen LogP contribution in [0.4, 0.5) is 13.2 Å². The molecule has 4 nitrogen and oxygen atoms in total. The second kappa shape index (κ2) is 6.03. The highest BCUT2D eigenvalue weighted by atomic mass is 79.9. The summed E-state index contributed by atoms with van der Waals surface area (Å²) in [6, 6.07) is 8.86. The number of hydrogen-bond acceptors (Lipinski definition) is 3. The van der Waals surface area contributed by atoms with Crippen LogP contribution in [-0.2, 0) is 0 Å². The van der Waals surface area contributed by atoms with Crippen LogP contribution >= 0.6 is 15.9 Å². The molecule has 0 saturated carbocycles. The van der Waals surface area contributed by atoms with Crippen LogP contribution in [0.5, 0.6) is 5.75 Å². The van der Waals surface area contributed by atoms with Crippen molar-refractivity contribution < 1.29 is 23.0 Å². The average molecular weight is 413 g/mol. The van der Waals surface area contributed by atoms with Crippen molar-refractivity contribution in [3.63, 3.8) is 0 Å². The Hall–Kier alpha value is -2.06. The topological polar surface area (TPSA) is 47.3 Å². The van der Waals surface area contributed by atoms with Crippen molar-refractivity contribution in [1.82, 2.24) is 9.55 Å². The van der Waals surface area contributed by atoms with Gasteiger partial charge in [-0.25, -0.2) is 9.37 Å². The first kappa shape index (κ1) is 16.4. The maximum Gasteiger partial charge on any atom is 0.387 e. The minimum absolute atomic E-state index is 0.0468. The number of para-hydroxylation sites is 1. The van der Waals surface area contributed by atoms with Gasteiger partial charge in [0.2, 0.25) is 0 Å². The van der Waals surface area contributed by atoms with E-state index in [1.54, 1.807) is 28.8 Å². The zero-order chi connectivity index (χ0) is 17.7. The smallest absolute Gasteiger partial charge is 0.387 e. The zero-order valence-corrected chi connectivity index (χ0v) is 14.3. The van der Waals surface area contributed by atoms with Crippen LogP contribution in [0.3, 0.4) is 0 Å². The van der Waals surface area contributed by atoms with E-state index in [9.17, 15) is 18.3 Å². The van der Waals surface area contributed by atoms with Crippen molar-refractivity contribution in [3.05, 3.63) is 58.1 Å². The number of benzene rings is 2. The normalized spacial score (nSPS) is 19.6. The second-order valence-corrected chi connectivity index (χ2v) is 6.63. The summed E-state index contributed by atoms with van der Waals surface area (Å²) in [5, 5.41) is 10.3. The summed E-state index contributed by atoms with van der Waals surface area (Å²) in [5.74, 6) is -0.0355. The van der Waals surface area contributed by atoms with Crippen LogP contribution in [-0.4, -0.2) is 21.3 Å². The number of nitrogens with zero attached hydrogens (tertiary/aromatic N) is 2. The van der Waals surface area contributed by atoms with Crippen LogP contribution < -0.4 is 4.74 Å². The van der Waals surface area contributed by atoms with Crippen molar-refractivity contribution in [1.29, 1.82) is 0 Å². The molecule has 8 heteroatoms. The molecule has 1 unspecified atom stereocenters. The Morgan fingerprint density at radius 3 is 2.80 bits per heavy atom. The molecular weight excluding hydrogens is 401 g/mol. The maximum atomic E-state index is 13.8. The van der Waals surface area contributed by atoms with Crippen molar-refractivity contribution in [2.75, 3.05) is 0 Å². The molecule has 0 bridgehead atoms. The molecule has 1 N–H and O–H groups in total. The van der Waals surface area contributed by atoms with E-state index in [4.69, 9.17) is 0 Å². The van der Waals surface area contributed by atoms with Gasteiger partial charge in [0.05, 0.1) is 21.5 Å². The van der Waals surface area contributed by atoms with Gasteiger partial charge in [-0.15, -0.1) is 0 Å². The van der Waals surface area contributed by atoms with E-state index in [0.29, 0.717) is 22.4 Å². The highest BCUT2D eigenvalue weighted by molar-refractivity contribution is 9.10. The summed E-state index contributed by atoms with van der Waals surface area (Å²) >= 11 is 3.15. The zero-order valence-electron chi connectivity index (χ0n) is 12.7. The molecule has 4 rings (SSSR count). The van der Waals surface area contributed by atoms with Crippen molar-refractivity contribution >= 4 is 27.0 Å². The molecular formula is C17H12BrF3N2O2. The van der Waals surface area contributed by atoms with E-state index in [0.717, 1.165) is 0 Å². The molecule has 0 radical (unpaired) electrons. The lowest BCUT2D eigenvalue weighted by atomic mass is 10.0. The van der Waals surface area contributed by atoms with Gasteiger partial charge < -0.3 is 14.4 Å². The van der Waals surface area contributed by atoms with Crippen molar-refractivity contribution in [2.24, 2.45) is 0 Å². The first-order valence-electron chi connectivity index (χ1n) is 7.54. The number of imidazole rings is 1. The second-order valence-electron chi connectivity index (χ2n) is 5.78. The predicted molar refractivity (Wildman–Crippen MR) is 88.2 cm³/mol. The molecule has 2 aromatic carbocycles. The molecule has 2 atom stereocenters. The number of hydrogen-bond donors (Lipinski definition) is 1. The minimum Gasteiger partial charge on any atom is -0.434 e. The summed E-state index contributed by atoms with van der Waals surface area (Å²) in [5.41, 5.74) is 1.52. The van der Waals surface area contributed by atoms with Gasteiger partial charge in [0.25, 0.3) is 0 Å². The van der Waals surface area contributed by atoms with Gasteiger partial charge in [-0.1, -0.05) is 18.2 Å². The lowest BCUT2D eigenvalue weighted by Crippen LogP contribution is -2.10. The molecule has 0 fully saturated rings. The van der Waals surface area contributed by atoms with Crippen molar-refractivity contribution in [3.8, 4) is 5.75 Å². The van der Waals surface area contributed by atoms with Crippen LogP contribution in [0.25, 0.3) is 11.0 Å². The molecule has 1 aromatic heterocycles. The third kappa shape index (κ3) is 2.69. The third-order valence-electron chi connectivity index (χ3n) is 4.31. The molecule has 0 spiro atoms. The van der Waals surface area contributed by atoms with Gasteiger partial charge in [-0.3, -0.25) is 0 Å². The quantitative estimate of drug-likeness (QED) is 0.685. The SMILES string of the molecule is O[C@H]1CC(c2ccccc2OC(F)F)n2c1nc1cc(F)c(Br)cc12. The average Bonchev–Trinajstić information content (AvgIpc) is 3.06.